The zero-order valence-electron chi connectivity index (χ0n) is 23.9. The van der Waals surface area contributed by atoms with Crippen LogP contribution in [0, 0.1) is 0 Å². The van der Waals surface area contributed by atoms with E-state index in [2.05, 4.69) is 166 Å². The summed E-state index contributed by atoms with van der Waals surface area (Å²) in [6, 6.07) is 54.5. The second-order valence-corrected chi connectivity index (χ2v) is 11.3. The predicted octanol–water partition coefficient (Wildman–Crippen LogP) is 10.6. The molecule has 0 fully saturated rings. The molecule has 3 aromatic heterocycles. The highest BCUT2D eigenvalue weighted by molar-refractivity contribution is 6.12. The lowest BCUT2D eigenvalue weighted by Crippen LogP contribution is -1.94. The fraction of sp³-hybridized carbons (Fsp3) is 0. The molecule has 3 heteroatoms. The van der Waals surface area contributed by atoms with Crippen LogP contribution in [0.1, 0.15) is 0 Å². The molecular formula is C41H27N3. The van der Waals surface area contributed by atoms with Gasteiger partial charge in [0.05, 0.1) is 28.3 Å². The Morgan fingerprint density at radius 1 is 0.341 bits per heavy atom. The minimum Gasteiger partial charge on any atom is -0.309 e. The molecular weight excluding hydrogens is 534 g/mol. The molecule has 0 spiro atoms. The fourth-order valence-electron chi connectivity index (χ4n) is 6.79. The van der Waals surface area contributed by atoms with E-state index in [1.165, 1.54) is 66.0 Å². The number of nitrogens with zero attached hydrogens (tertiary/aromatic N) is 3. The molecule has 3 nitrogen and oxygen atoms in total. The Hall–Kier alpha value is -5.93. The van der Waals surface area contributed by atoms with E-state index in [-0.39, 0.29) is 0 Å². The first-order valence-corrected chi connectivity index (χ1v) is 15.0. The van der Waals surface area contributed by atoms with Crippen molar-refractivity contribution in [3.63, 3.8) is 0 Å². The molecule has 0 bridgehead atoms. The van der Waals surface area contributed by atoms with Crippen LogP contribution in [0.3, 0.4) is 0 Å². The Labute approximate surface area is 254 Å². The van der Waals surface area contributed by atoms with Crippen molar-refractivity contribution in [3.8, 4) is 33.6 Å². The first kappa shape index (κ1) is 24.6. The number of para-hydroxylation sites is 2. The molecule has 0 saturated heterocycles. The smallest absolute Gasteiger partial charge is 0.0724 e. The van der Waals surface area contributed by atoms with E-state index in [1.807, 2.05) is 12.4 Å². The van der Waals surface area contributed by atoms with Gasteiger partial charge in [-0.25, -0.2) is 0 Å². The largest absolute Gasteiger partial charge is 0.309 e. The van der Waals surface area contributed by atoms with Crippen LogP contribution < -0.4 is 0 Å². The number of hydrogen-bond acceptors (Lipinski definition) is 1. The molecule has 0 amide bonds. The molecule has 0 saturated carbocycles. The van der Waals surface area contributed by atoms with Crippen LogP contribution in [-0.4, -0.2) is 14.1 Å². The minimum absolute atomic E-state index is 1.10. The first-order chi connectivity index (χ1) is 21.8. The molecule has 206 valence electrons. The van der Waals surface area contributed by atoms with E-state index < -0.39 is 0 Å². The number of fused-ring (bicyclic) bond motifs is 6. The van der Waals surface area contributed by atoms with E-state index in [0.717, 1.165) is 11.2 Å². The van der Waals surface area contributed by atoms with Gasteiger partial charge in [0.15, 0.2) is 0 Å². The quantitative estimate of drug-likeness (QED) is 0.210. The monoisotopic (exact) mass is 561 g/mol. The lowest BCUT2D eigenvalue weighted by molar-refractivity contribution is 1.17. The third kappa shape index (κ3) is 3.80. The van der Waals surface area contributed by atoms with Gasteiger partial charge in [-0.3, -0.25) is 4.98 Å². The van der Waals surface area contributed by atoms with E-state index >= 15 is 0 Å². The molecule has 0 N–H and O–H groups in total. The second kappa shape index (κ2) is 9.82. The Bertz CT molecular complexity index is 2480. The maximum atomic E-state index is 4.52. The SMILES string of the molecule is c1ccc(-c2cccc(-n3c4ccc(-c5ccc6c(c5)c5ccccc5n6-c5ccccc5)cc4c4ccncc43)c2)cc1. The third-order valence-electron chi connectivity index (χ3n) is 8.80. The van der Waals surface area contributed by atoms with Crippen molar-refractivity contribution in [2.75, 3.05) is 0 Å². The van der Waals surface area contributed by atoms with E-state index in [1.54, 1.807) is 0 Å². The molecule has 6 aromatic carbocycles. The van der Waals surface area contributed by atoms with Crippen molar-refractivity contribution >= 4 is 43.6 Å². The van der Waals surface area contributed by atoms with Crippen molar-refractivity contribution in [1.29, 1.82) is 0 Å². The molecule has 9 rings (SSSR count). The summed E-state index contributed by atoms with van der Waals surface area (Å²) in [6.07, 6.45) is 3.87. The highest BCUT2D eigenvalue weighted by atomic mass is 15.0. The summed E-state index contributed by atoms with van der Waals surface area (Å²) in [5.41, 5.74) is 11.8. The fourth-order valence-corrected chi connectivity index (χ4v) is 6.79. The number of aromatic nitrogens is 3. The summed E-state index contributed by atoms with van der Waals surface area (Å²) in [4.78, 5) is 4.52. The van der Waals surface area contributed by atoms with Crippen LogP contribution in [0.4, 0.5) is 0 Å². The molecule has 0 atom stereocenters. The first-order valence-electron chi connectivity index (χ1n) is 15.0. The van der Waals surface area contributed by atoms with Crippen LogP contribution in [-0.2, 0) is 0 Å². The number of benzene rings is 6. The zero-order valence-corrected chi connectivity index (χ0v) is 23.9. The highest BCUT2D eigenvalue weighted by Crippen LogP contribution is 2.38. The zero-order chi connectivity index (χ0) is 29.0. The summed E-state index contributed by atoms with van der Waals surface area (Å²) in [5.74, 6) is 0. The third-order valence-corrected chi connectivity index (χ3v) is 8.80. The summed E-state index contributed by atoms with van der Waals surface area (Å²) >= 11 is 0. The van der Waals surface area contributed by atoms with Crippen molar-refractivity contribution in [3.05, 3.63) is 164 Å². The number of hydrogen-bond donors (Lipinski definition) is 0. The Morgan fingerprint density at radius 3 is 1.64 bits per heavy atom. The van der Waals surface area contributed by atoms with Crippen molar-refractivity contribution in [1.82, 2.24) is 14.1 Å². The number of rotatable bonds is 4. The van der Waals surface area contributed by atoms with Crippen LogP contribution in [0.25, 0.3) is 77.2 Å². The van der Waals surface area contributed by atoms with Crippen molar-refractivity contribution in [2.24, 2.45) is 0 Å². The van der Waals surface area contributed by atoms with Crippen LogP contribution in [0.2, 0.25) is 0 Å². The lowest BCUT2D eigenvalue weighted by atomic mass is 10.0. The molecule has 0 radical (unpaired) electrons. The number of pyridine rings is 1. The Morgan fingerprint density at radius 2 is 0.886 bits per heavy atom. The molecule has 0 aliphatic heterocycles. The summed E-state index contributed by atoms with van der Waals surface area (Å²) in [7, 11) is 0. The molecule has 0 aliphatic rings. The van der Waals surface area contributed by atoms with Crippen molar-refractivity contribution < 1.29 is 0 Å². The second-order valence-electron chi connectivity index (χ2n) is 11.3. The molecule has 0 unspecified atom stereocenters. The van der Waals surface area contributed by atoms with Gasteiger partial charge in [0.25, 0.3) is 0 Å². The molecule has 0 aliphatic carbocycles. The summed E-state index contributed by atoms with van der Waals surface area (Å²) in [5, 5.41) is 4.93. The molecule has 9 aromatic rings. The van der Waals surface area contributed by atoms with Crippen LogP contribution >= 0.6 is 0 Å². The normalized spacial score (nSPS) is 11.6. The Kier molecular flexibility index (Phi) is 5.50. The van der Waals surface area contributed by atoms with E-state index in [0.29, 0.717) is 0 Å². The van der Waals surface area contributed by atoms with E-state index in [4.69, 9.17) is 0 Å². The van der Waals surface area contributed by atoms with Gasteiger partial charge in [0.2, 0.25) is 0 Å². The van der Waals surface area contributed by atoms with Gasteiger partial charge in [-0.1, -0.05) is 91.0 Å². The van der Waals surface area contributed by atoms with Gasteiger partial charge in [-0.2, -0.15) is 0 Å². The maximum Gasteiger partial charge on any atom is 0.0724 e. The average molecular weight is 562 g/mol. The van der Waals surface area contributed by atoms with Gasteiger partial charge < -0.3 is 9.13 Å². The summed E-state index contributed by atoms with van der Waals surface area (Å²) < 4.78 is 4.70. The highest BCUT2D eigenvalue weighted by Gasteiger charge is 2.16. The maximum absolute atomic E-state index is 4.52. The van der Waals surface area contributed by atoms with Gasteiger partial charge in [-0.15, -0.1) is 0 Å². The van der Waals surface area contributed by atoms with Gasteiger partial charge >= 0.3 is 0 Å². The topological polar surface area (TPSA) is 22.8 Å². The average Bonchev–Trinajstić information content (AvgIpc) is 3.61. The Balaban J connectivity index is 1.23. The van der Waals surface area contributed by atoms with Crippen LogP contribution in [0.15, 0.2) is 164 Å². The lowest BCUT2D eigenvalue weighted by Gasteiger charge is -2.11. The minimum atomic E-state index is 1.10. The summed E-state index contributed by atoms with van der Waals surface area (Å²) in [6.45, 7) is 0. The standard InChI is InChI=1S/C41H27N3/c1-3-10-28(11-4-1)29-12-9-15-33(24-29)44-40-21-19-31(26-37(40)35-22-23-42-27-41(35)44)30-18-20-39-36(25-30)34-16-7-8-17-38(34)43(39)32-13-5-2-6-14-32/h1-27H. The predicted molar refractivity (Wildman–Crippen MR) is 184 cm³/mol. The van der Waals surface area contributed by atoms with Gasteiger partial charge in [-0.05, 0) is 82.9 Å². The van der Waals surface area contributed by atoms with E-state index in [9.17, 15) is 0 Å². The molecule has 3 heterocycles. The van der Waals surface area contributed by atoms with Gasteiger partial charge in [0, 0.05) is 39.1 Å². The van der Waals surface area contributed by atoms with Gasteiger partial charge in [0.1, 0.15) is 0 Å². The molecule has 44 heavy (non-hydrogen) atoms. The van der Waals surface area contributed by atoms with Crippen molar-refractivity contribution in [2.45, 2.75) is 0 Å². The van der Waals surface area contributed by atoms with Crippen LogP contribution in [0.5, 0.6) is 0 Å².